The summed E-state index contributed by atoms with van der Waals surface area (Å²) in [6.07, 6.45) is 13.7. The number of nitrogens with two attached hydrogens (primary N) is 1. The van der Waals surface area contributed by atoms with E-state index in [1.54, 1.807) is 0 Å². The summed E-state index contributed by atoms with van der Waals surface area (Å²) in [7, 11) is 0. The monoisotopic (exact) mass is 177 g/mol. The van der Waals surface area contributed by atoms with Crippen molar-refractivity contribution in [2.45, 2.75) is 44.6 Å². The Morgan fingerprint density at radius 3 is 1.77 bits per heavy atom. The van der Waals surface area contributed by atoms with Crippen LogP contribution in [-0.4, -0.2) is 6.04 Å². The zero-order valence-corrected chi connectivity index (χ0v) is 8.21. The lowest BCUT2D eigenvalue weighted by Gasteiger charge is -2.44. The van der Waals surface area contributed by atoms with Gasteiger partial charge in [0.2, 0.25) is 0 Å². The summed E-state index contributed by atoms with van der Waals surface area (Å²) >= 11 is 0. The van der Waals surface area contributed by atoms with Crippen LogP contribution in [0, 0.1) is 30.1 Å². The van der Waals surface area contributed by atoms with Crippen molar-refractivity contribution in [1.29, 1.82) is 0 Å². The molecule has 1 unspecified atom stereocenters. The van der Waals surface area contributed by atoms with Crippen LogP contribution in [0.15, 0.2) is 0 Å². The quantitative estimate of drug-likeness (QED) is 0.657. The third kappa shape index (κ3) is 1.60. The lowest BCUT2D eigenvalue weighted by atomic mass is 9.62. The van der Waals surface area contributed by atoms with Gasteiger partial charge in [-0.3, -0.25) is 0 Å². The van der Waals surface area contributed by atoms with Crippen molar-refractivity contribution in [1.82, 2.24) is 0 Å². The van der Waals surface area contributed by atoms with Crippen molar-refractivity contribution in [3.63, 3.8) is 0 Å². The van der Waals surface area contributed by atoms with Gasteiger partial charge in [0.15, 0.2) is 0 Å². The normalized spacial score (nSPS) is 26.2. The molecule has 0 radical (unpaired) electrons. The summed E-state index contributed by atoms with van der Waals surface area (Å²) in [5.74, 6) is 5.10. The van der Waals surface area contributed by atoms with Crippen molar-refractivity contribution in [2.75, 3.05) is 0 Å². The fourth-order valence-corrected chi connectivity index (χ4v) is 2.73. The first kappa shape index (κ1) is 9.09. The van der Waals surface area contributed by atoms with Gasteiger partial charge < -0.3 is 5.73 Å². The molecule has 0 aromatic rings. The van der Waals surface area contributed by atoms with E-state index in [4.69, 9.17) is 12.2 Å². The van der Waals surface area contributed by atoms with Crippen LogP contribution in [0.2, 0.25) is 0 Å². The van der Waals surface area contributed by atoms with Gasteiger partial charge >= 0.3 is 0 Å². The number of hydrogen-bond donors (Lipinski definition) is 1. The first-order valence-electron chi connectivity index (χ1n) is 5.54. The molecule has 0 saturated heterocycles. The van der Waals surface area contributed by atoms with E-state index in [1.807, 2.05) is 0 Å². The topological polar surface area (TPSA) is 26.0 Å². The molecule has 0 spiro atoms. The summed E-state index contributed by atoms with van der Waals surface area (Å²) in [4.78, 5) is 0. The van der Waals surface area contributed by atoms with E-state index in [0.717, 1.165) is 11.8 Å². The third-order valence-electron chi connectivity index (χ3n) is 4.00. The highest BCUT2D eigenvalue weighted by molar-refractivity contribution is 5.05. The molecule has 2 aliphatic carbocycles. The maximum Gasteiger partial charge on any atom is 0.0695 e. The lowest BCUT2D eigenvalue weighted by Crippen LogP contribution is -2.43. The SMILES string of the molecule is C#CC(N)C(C1CCC1)C1CCC1. The molecule has 13 heavy (non-hydrogen) atoms. The highest BCUT2D eigenvalue weighted by Gasteiger charge is 2.38. The Morgan fingerprint density at radius 1 is 1.08 bits per heavy atom. The highest BCUT2D eigenvalue weighted by Crippen LogP contribution is 2.45. The number of hydrogen-bond acceptors (Lipinski definition) is 1. The minimum absolute atomic E-state index is 0.0237. The summed E-state index contributed by atoms with van der Waals surface area (Å²) in [6, 6.07) is 0.0237. The summed E-state index contributed by atoms with van der Waals surface area (Å²) in [5, 5.41) is 0. The van der Waals surface area contributed by atoms with E-state index >= 15 is 0 Å². The molecule has 0 aliphatic heterocycles. The van der Waals surface area contributed by atoms with Gasteiger partial charge in [-0.1, -0.05) is 44.4 Å². The predicted molar refractivity (Wildman–Crippen MR) is 55.0 cm³/mol. The largest absolute Gasteiger partial charge is 0.317 e. The molecule has 0 aromatic carbocycles. The molecule has 0 heterocycles. The predicted octanol–water partition coefficient (Wildman–Crippen LogP) is 2.16. The summed E-state index contributed by atoms with van der Waals surface area (Å²) in [5.41, 5.74) is 6.00. The molecule has 1 atom stereocenters. The van der Waals surface area contributed by atoms with E-state index in [2.05, 4.69) is 5.92 Å². The second-order valence-corrected chi connectivity index (χ2v) is 4.65. The molecule has 1 heteroatoms. The van der Waals surface area contributed by atoms with Gasteiger partial charge in [0.05, 0.1) is 6.04 Å². The molecule has 72 valence electrons. The molecule has 0 amide bonds. The van der Waals surface area contributed by atoms with E-state index in [1.165, 1.54) is 38.5 Å². The smallest absolute Gasteiger partial charge is 0.0695 e. The Balaban J connectivity index is 1.97. The molecule has 1 nitrogen and oxygen atoms in total. The number of terminal acetylenes is 1. The first-order chi connectivity index (χ1) is 6.33. The van der Waals surface area contributed by atoms with Crippen molar-refractivity contribution < 1.29 is 0 Å². The van der Waals surface area contributed by atoms with Gasteiger partial charge in [0, 0.05) is 0 Å². The first-order valence-corrected chi connectivity index (χ1v) is 5.54. The molecule has 0 aromatic heterocycles. The van der Waals surface area contributed by atoms with Crippen molar-refractivity contribution in [2.24, 2.45) is 23.5 Å². The van der Waals surface area contributed by atoms with E-state index in [0.29, 0.717) is 5.92 Å². The number of rotatable bonds is 3. The van der Waals surface area contributed by atoms with Crippen LogP contribution in [0.4, 0.5) is 0 Å². The van der Waals surface area contributed by atoms with Crippen LogP contribution in [0.1, 0.15) is 38.5 Å². The highest BCUT2D eigenvalue weighted by atomic mass is 14.7. The zero-order valence-electron chi connectivity index (χ0n) is 8.21. The molecular weight excluding hydrogens is 158 g/mol. The lowest BCUT2D eigenvalue weighted by molar-refractivity contribution is 0.0850. The van der Waals surface area contributed by atoms with E-state index < -0.39 is 0 Å². The second kappa shape index (κ2) is 3.72. The third-order valence-corrected chi connectivity index (χ3v) is 4.00. The molecule has 2 fully saturated rings. The van der Waals surface area contributed by atoms with Gasteiger partial charge in [-0.2, -0.15) is 0 Å². The fourth-order valence-electron chi connectivity index (χ4n) is 2.73. The standard InChI is InChI=1S/C12H19N/c1-2-11(13)12(9-5-3-6-9)10-7-4-8-10/h1,9-12H,3-8,13H2. The van der Waals surface area contributed by atoms with Gasteiger partial charge in [-0.05, 0) is 17.8 Å². The maximum atomic E-state index is 6.00. The Labute approximate surface area is 81.1 Å². The Kier molecular flexibility index (Phi) is 2.60. The van der Waals surface area contributed by atoms with Crippen LogP contribution in [0.25, 0.3) is 0 Å². The molecular formula is C12H19N. The Morgan fingerprint density at radius 2 is 1.54 bits per heavy atom. The second-order valence-electron chi connectivity index (χ2n) is 4.65. The average molecular weight is 177 g/mol. The van der Waals surface area contributed by atoms with Gasteiger partial charge in [-0.15, -0.1) is 6.42 Å². The minimum atomic E-state index is 0.0237. The van der Waals surface area contributed by atoms with Gasteiger partial charge in [0.25, 0.3) is 0 Å². The Hall–Kier alpha value is -0.480. The van der Waals surface area contributed by atoms with Crippen LogP contribution < -0.4 is 5.73 Å². The Bertz CT molecular complexity index is 194. The average Bonchev–Trinajstić information content (AvgIpc) is 1.95. The molecule has 2 aliphatic rings. The van der Waals surface area contributed by atoms with Gasteiger partial charge in [0.1, 0.15) is 0 Å². The maximum absolute atomic E-state index is 6.00. The minimum Gasteiger partial charge on any atom is -0.317 e. The van der Waals surface area contributed by atoms with Crippen molar-refractivity contribution >= 4 is 0 Å². The van der Waals surface area contributed by atoms with E-state index in [-0.39, 0.29) is 6.04 Å². The zero-order chi connectivity index (χ0) is 9.26. The van der Waals surface area contributed by atoms with Crippen molar-refractivity contribution in [3.8, 4) is 12.3 Å². The summed E-state index contributed by atoms with van der Waals surface area (Å²) in [6.45, 7) is 0. The fraction of sp³-hybridized carbons (Fsp3) is 0.833. The van der Waals surface area contributed by atoms with E-state index in [9.17, 15) is 0 Å². The van der Waals surface area contributed by atoms with Crippen molar-refractivity contribution in [3.05, 3.63) is 0 Å². The molecule has 2 rings (SSSR count). The molecule has 0 bridgehead atoms. The van der Waals surface area contributed by atoms with Crippen LogP contribution in [0.5, 0.6) is 0 Å². The molecule has 2 N–H and O–H groups in total. The van der Waals surface area contributed by atoms with Crippen LogP contribution in [-0.2, 0) is 0 Å². The van der Waals surface area contributed by atoms with Crippen LogP contribution >= 0.6 is 0 Å². The molecule has 2 saturated carbocycles. The van der Waals surface area contributed by atoms with Gasteiger partial charge in [-0.25, -0.2) is 0 Å². The summed E-state index contributed by atoms with van der Waals surface area (Å²) < 4.78 is 0. The van der Waals surface area contributed by atoms with Crippen LogP contribution in [0.3, 0.4) is 0 Å².